The van der Waals surface area contributed by atoms with Gasteiger partial charge in [0.05, 0.1) is 13.2 Å². The van der Waals surface area contributed by atoms with Gasteiger partial charge in [0.2, 0.25) is 0 Å². The van der Waals surface area contributed by atoms with Gasteiger partial charge in [-0.05, 0) is 64.4 Å². The Hall–Kier alpha value is -3.78. The molecule has 0 saturated carbocycles. The lowest BCUT2D eigenvalue weighted by Crippen LogP contribution is -2.48. The van der Waals surface area contributed by atoms with E-state index in [0.29, 0.717) is 6.54 Å². The fourth-order valence-electron chi connectivity index (χ4n) is 4.65. The van der Waals surface area contributed by atoms with E-state index in [0.717, 1.165) is 55.4 Å². The van der Waals surface area contributed by atoms with E-state index in [1.807, 2.05) is 35.0 Å². The average molecular weight is 473 g/mol. The van der Waals surface area contributed by atoms with Crippen LogP contribution in [0.1, 0.15) is 23.0 Å². The monoisotopic (exact) mass is 472 g/mol. The highest BCUT2D eigenvalue weighted by Crippen LogP contribution is 2.30. The number of rotatable bonds is 8. The van der Waals surface area contributed by atoms with E-state index in [9.17, 15) is 4.39 Å². The van der Waals surface area contributed by atoms with Crippen molar-refractivity contribution < 1.29 is 9.13 Å². The van der Waals surface area contributed by atoms with E-state index in [2.05, 4.69) is 61.7 Å². The van der Waals surface area contributed by atoms with Crippen molar-refractivity contribution in [3.8, 4) is 5.75 Å². The number of anilines is 1. The maximum Gasteiger partial charge on any atom is 0.173 e. The number of benzene rings is 3. The first-order valence-corrected chi connectivity index (χ1v) is 11.9. The zero-order valence-electron chi connectivity index (χ0n) is 19.8. The molecule has 1 atom stereocenters. The Morgan fingerprint density at radius 1 is 0.886 bits per heavy atom. The van der Waals surface area contributed by atoms with Gasteiger partial charge in [0.1, 0.15) is 11.6 Å². The van der Waals surface area contributed by atoms with Crippen molar-refractivity contribution in [1.29, 1.82) is 0 Å². The zero-order chi connectivity index (χ0) is 24.0. The molecule has 4 aromatic rings. The molecular weight excluding hydrogens is 443 g/mol. The van der Waals surface area contributed by atoms with Crippen LogP contribution in [-0.4, -0.2) is 58.4 Å². The second-order valence-electron chi connectivity index (χ2n) is 8.67. The number of tetrazole rings is 1. The van der Waals surface area contributed by atoms with E-state index in [4.69, 9.17) is 4.74 Å². The van der Waals surface area contributed by atoms with Crippen LogP contribution in [0.25, 0.3) is 0 Å². The van der Waals surface area contributed by atoms with Crippen LogP contribution in [-0.2, 0) is 13.0 Å². The number of hydrogen-bond donors (Lipinski definition) is 0. The number of halogens is 1. The van der Waals surface area contributed by atoms with Gasteiger partial charge in [0.25, 0.3) is 0 Å². The van der Waals surface area contributed by atoms with Gasteiger partial charge in [-0.3, -0.25) is 4.90 Å². The number of nitrogens with zero attached hydrogens (tertiary/aromatic N) is 6. The highest BCUT2D eigenvalue weighted by atomic mass is 19.1. The van der Waals surface area contributed by atoms with Crippen LogP contribution < -0.4 is 9.64 Å². The molecule has 0 amide bonds. The fourth-order valence-corrected chi connectivity index (χ4v) is 4.65. The Bertz CT molecular complexity index is 1200. The molecule has 3 aromatic carbocycles. The van der Waals surface area contributed by atoms with Crippen molar-refractivity contribution in [3.63, 3.8) is 0 Å². The minimum Gasteiger partial charge on any atom is -0.497 e. The average Bonchev–Trinajstić information content (AvgIpc) is 3.37. The summed E-state index contributed by atoms with van der Waals surface area (Å²) in [6, 6.07) is 25.2. The Kier molecular flexibility index (Phi) is 6.99. The second kappa shape index (κ2) is 10.7. The standard InChI is InChI=1S/C27H29FN6O/c1-35-25-13-7-22(8-14-25)26(27-29-30-31-34(27)16-15-21-5-3-2-4-6-21)33-19-17-32(18-20-33)24-11-9-23(28)10-12-24/h2-14,26H,15-20H2,1H3. The smallest absolute Gasteiger partial charge is 0.173 e. The normalized spacial score (nSPS) is 15.2. The van der Waals surface area contributed by atoms with Gasteiger partial charge < -0.3 is 9.64 Å². The lowest BCUT2D eigenvalue weighted by Gasteiger charge is -2.40. The minimum absolute atomic E-state index is 0.0814. The number of methoxy groups -OCH3 is 1. The van der Waals surface area contributed by atoms with Crippen molar-refractivity contribution in [2.45, 2.75) is 19.0 Å². The maximum atomic E-state index is 13.4. The number of piperazine rings is 1. The third-order valence-corrected chi connectivity index (χ3v) is 6.56. The Labute approximate surface area is 204 Å². The summed E-state index contributed by atoms with van der Waals surface area (Å²) in [5, 5.41) is 12.9. The molecule has 0 N–H and O–H groups in total. The number of aromatic nitrogens is 4. The quantitative estimate of drug-likeness (QED) is 0.387. The minimum atomic E-state index is -0.214. The van der Waals surface area contributed by atoms with E-state index in [1.54, 1.807) is 7.11 Å². The Morgan fingerprint density at radius 3 is 2.29 bits per heavy atom. The van der Waals surface area contributed by atoms with Gasteiger partial charge in [0.15, 0.2) is 5.82 Å². The van der Waals surface area contributed by atoms with Gasteiger partial charge in [-0.2, -0.15) is 0 Å². The third kappa shape index (κ3) is 5.33. The first-order chi connectivity index (χ1) is 17.2. The summed E-state index contributed by atoms with van der Waals surface area (Å²) in [4.78, 5) is 4.71. The Balaban J connectivity index is 1.38. The second-order valence-corrected chi connectivity index (χ2v) is 8.67. The molecule has 1 unspecified atom stereocenters. The topological polar surface area (TPSA) is 59.3 Å². The molecule has 1 aliphatic heterocycles. The predicted octanol–water partition coefficient (Wildman–Crippen LogP) is 3.98. The molecule has 8 heteroatoms. The van der Waals surface area contributed by atoms with E-state index in [-0.39, 0.29) is 11.9 Å². The highest BCUT2D eigenvalue weighted by molar-refractivity contribution is 5.47. The van der Waals surface area contributed by atoms with Gasteiger partial charge in [-0.1, -0.05) is 42.5 Å². The summed E-state index contributed by atoms with van der Waals surface area (Å²) in [5.41, 5.74) is 3.42. The zero-order valence-corrected chi connectivity index (χ0v) is 19.8. The SMILES string of the molecule is COc1ccc(C(c2nnnn2CCc2ccccc2)N2CCN(c3ccc(F)cc3)CC2)cc1. The van der Waals surface area contributed by atoms with Crippen molar-refractivity contribution in [3.05, 3.63) is 102 Å². The van der Waals surface area contributed by atoms with Crippen LogP contribution in [0.2, 0.25) is 0 Å². The predicted molar refractivity (Wildman–Crippen MR) is 133 cm³/mol. The largest absolute Gasteiger partial charge is 0.497 e. The first-order valence-electron chi connectivity index (χ1n) is 11.9. The molecule has 1 fully saturated rings. The van der Waals surface area contributed by atoms with Crippen LogP contribution in [0.5, 0.6) is 5.75 Å². The molecule has 35 heavy (non-hydrogen) atoms. The molecule has 0 aliphatic carbocycles. The number of aryl methyl sites for hydroxylation is 2. The van der Waals surface area contributed by atoms with Crippen molar-refractivity contribution >= 4 is 5.69 Å². The van der Waals surface area contributed by atoms with Crippen LogP contribution in [0, 0.1) is 5.82 Å². The van der Waals surface area contributed by atoms with Crippen LogP contribution in [0.3, 0.4) is 0 Å². The van der Waals surface area contributed by atoms with Crippen LogP contribution in [0.15, 0.2) is 78.9 Å². The van der Waals surface area contributed by atoms with Gasteiger partial charge in [-0.25, -0.2) is 9.07 Å². The Morgan fingerprint density at radius 2 is 1.60 bits per heavy atom. The first kappa shape index (κ1) is 23.0. The molecule has 180 valence electrons. The number of hydrogen-bond acceptors (Lipinski definition) is 6. The van der Waals surface area contributed by atoms with Gasteiger partial charge >= 0.3 is 0 Å². The number of ether oxygens (including phenoxy) is 1. The van der Waals surface area contributed by atoms with Gasteiger partial charge in [-0.15, -0.1) is 5.10 Å². The molecule has 1 aliphatic rings. The van der Waals surface area contributed by atoms with Crippen molar-refractivity contribution in [2.24, 2.45) is 0 Å². The fraction of sp³-hybridized carbons (Fsp3) is 0.296. The van der Waals surface area contributed by atoms with E-state index < -0.39 is 0 Å². The summed E-state index contributed by atoms with van der Waals surface area (Å²) in [7, 11) is 1.67. The van der Waals surface area contributed by atoms with Crippen molar-refractivity contribution in [1.82, 2.24) is 25.1 Å². The summed E-state index contributed by atoms with van der Waals surface area (Å²) >= 11 is 0. The summed E-state index contributed by atoms with van der Waals surface area (Å²) < 4.78 is 20.7. The molecule has 2 heterocycles. The molecule has 0 bridgehead atoms. The van der Waals surface area contributed by atoms with Crippen molar-refractivity contribution in [2.75, 3.05) is 38.2 Å². The molecule has 5 rings (SSSR count). The van der Waals surface area contributed by atoms with E-state index >= 15 is 0 Å². The third-order valence-electron chi connectivity index (χ3n) is 6.56. The molecule has 7 nitrogen and oxygen atoms in total. The molecule has 0 radical (unpaired) electrons. The highest BCUT2D eigenvalue weighted by Gasteiger charge is 2.30. The van der Waals surface area contributed by atoms with Crippen LogP contribution in [0.4, 0.5) is 10.1 Å². The molecular formula is C27H29FN6O. The molecule has 1 aromatic heterocycles. The summed E-state index contributed by atoms with van der Waals surface area (Å²) in [6.07, 6.45) is 0.854. The molecule has 0 spiro atoms. The lowest BCUT2D eigenvalue weighted by molar-refractivity contribution is 0.200. The van der Waals surface area contributed by atoms with Crippen LogP contribution >= 0.6 is 0 Å². The summed E-state index contributed by atoms with van der Waals surface area (Å²) in [6.45, 7) is 4.04. The summed E-state index contributed by atoms with van der Waals surface area (Å²) in [5.74, 6) is 1.44. The van der Waals surface area contributed by atoms with E-state index in [1.165, 1.54) is 17.7 Å². The van der Waals surface area contributed by atoms with Gasteiger partial charge in [0, 0.05) is 38.4 Å². The molecule has 1 saturated heterocycles. The maximum absolute atomic E-state index is 13.4. The lowest BCUT2D eigenvalue weighted by atomic mass is 10.0.